The summed E-state index contributed by atoms with van der Waals surface area (Å²) in [6.45, 7) is 2.29. The smallest absolute Gasteiger partial charge is 0.131 e. The topological polar surface area (TPSA) is 28.2 Å². The van der Waals surface area contributed by atoms with Gasteiger partial charge in [0.25, 0.3) is 0 Å². The molecule has 2 aromatic rings. The Morgan fingerprint density at radius 1 is 1.00 bits per heavy atom. The van der Waals surface area contributed by atoms with Crippen LogP contribution in [0.25, 0.3) is 10.9 Å². The molecule has 1 saturated carbocycles. The van der Waals surface area contributed by atoms with Crippen molar-refractivity contribution in [3.05, 3.63) is 30.3 Å². The lowest BCUT2D eigenvalue weighted by Gasteiger charge is -2.21. The zero-order chi connectivity index (χ0) is 14.1. The molecule has 0 radical (unpaired) electrons. The van der Waals surface area contributed by atoms with Gasteiger partial charge in [-0.1, -0.05) is 31.0 Å². The summed E-state index contributed by atoms with van der Waals surface area (Å²) in [7, 11) is 0. The molecule has 1 N–H and O–H groups in total. The predicted molar refractivity (Wildman–Crippen MR) is 99.4 cm³/mol. The Kier molecular flexibility index (Phi) is 4.87. The van der Waals surface area contributed by atoms with Crippen LogP contribution >= 0.6 is 17.0 Å². The normalized spacial score (nSPS) is 18.6. The molecular weight excluding hydrogens is 338 g/mol. The van der Waals surface area contributed by atoms with Crippen LogP contribution in [0, 0.1) is 0 Å². The van der Waals surface area contributed by atoms with Gasteiger partial charge in [0.2, 0.25) is 0 Å². The van der Waals surface area contributed by atoms with Gasteiger partial charge in [0.15, 0.2) is 0 Å². The summed E-state index contributed by atoms with van der Waals surface area (Å²) in [5.74, 6) is 1.15. The first kappa shape index (κ1) is 15.6. The van der Waals surface area contributed by atoms with Crippen molar-refractivity contribution in [1.82, 2.24) is 4.98 Å². The van der Waals surface area contributed by atoms with E-state index in [9.17, 15) is 0 Å². The lowest BCUT2D eigenvalue weighted by Crippen LogP contribution is -2.20. The highest BCUT2D eigenvalue weighted by atomic mass is 79.9. The molecule has 1 saturated heterocycles. The van der Waals surface area contributed by atoms with E-state index >= 15 is 0 Å². The molecule has 118 valence electrons. The van der Waals surface area contributed by atoms with Crippen molar-refractivity contribution < 1.29 is 0 Å². The van der Waals surface area contributed by atoms with Gasteiger partial charge in [-0.15, -0.1) is 17.0 Å². The van der Waals surface area contributed by atoms with Gasteiger partial charge in [0.1, 0.15) is 5.82 Å². The summed E-state index contributed by atoms with van der Waals surface area (Å²) in [5, 5.41) is 5.04. The first-order valence-electron chi connectivity index (χ1n) is 8.31. The first-order valence-corrected chi connectivity index (χ1v) is 8.31. The molecule has 1 aromatic carbocycles. The number of halogens is 1. The van der Waals surface area contributed by atoms with Gasteiger partial charge < -0.3 is 10.2 Å². The minimum absolute atomic E-state index is 0. The molecule has 0 bridgehead atoms. The van der Waals surface area contributed by atoms with Crippen molar-refractivity contribution in [2.24, 2.45) is 0 Å². The minimum atomic E-state index is 0. The van der Waals surface area contributed by atoms with Gasteiger partial charge in [-0.25, -0.2) is 4.98 Å². The standard InChI is InChI=1S/C18H23N3.BrH/c1-2-8-14(7-1)19-17-13-18(21-11-5-6-12-21)20-16-10-4-3-9-15(16)17;/h3-4,9-10,13-14H,1-2,5-8,11-12H2,(H,19,20);1H. The van der Waals surface area contributed by atoms with Gasteiger partial charge in [-0.05, 0) is 31.7 Å². The largest absolute Gasteiger partial charge is 0.382 e. The molecule has 0 spiro atoms. The van der Waals surface area contributed by atoms with Crippen LogP contribution in [0.5, 0.6) is 0 Å². The summed E-state index contributed by atoms with van der Waals surface area (Å²) in [6.07, 6.45) is 7.91. The van der Waals surface area contributed by atoms with Crippen LogP contribution < -0.4 is 10.2 Å². The number of pyridine rings is 1. The zero-order valence-corrected chi connectivity index (χ0v) is 14.6. The van der Waals surface area contributed by atoms with E-state index in [0.29, 0.717) is 6.04 Å². The van der Waals surface area contributed by atoms with Crippen LogP contribution in [-0.4, -0.2) is 24.1 Å². The zero-order valence-electron chi connectivity index (χ0n) is 12.9. The van der Waals surface area contributed by atoms with E-state index in [1.165, 1.54) is 49.6 Å². The molecule has 2 aliphatic rings. The van der Waals surface area contributed by atoms with E-state index in [2.05, 4.69) is 40.5 Å². The van der Waals surface area contributed by atoms with Crippen LogP contribution in [0.4, 0.5) is 11.5 Å². The predicted octanol–water partition coefficient (Wildman–Crippen LogP) is 4.77. The van der Waals surface area contributed by atoms with Gasteiger partial charge in [-0.2, -0.15) is 0 Å². The summed E-state index contributed by atoms with van der Waals surface area (Å²) >= 11 is 0. The second-order valence-electron chi connectivity index (χ2n) is 6.37. The highest BCUT2D eigenvalue weighted by molar-refractivity contribution is 8.93. The Morgan fingerprint density at radius 3 is 2.50 bits per heavy atom. The first-order chi connectivity index (χ1) is 10.4. The third-order valence-electron chi connectivity index (χ3n) is 4.85. The lowest BCUT2D eigenvalue weighted by molar-refractivity contribution is 0.756. The molecule has 0 unspecified atom stereocenters. The third kappa shape index (κ3) is 3.07. The fraction of sp³-hybridized carbons (Fsp3) is 0.500. The molecule has 22 heavy (non-hydrogen) atoms. The van der Waals surface area contributed by atoms with Crippen molar-refractivity contribution in [3.63, 3.8) is 0 Å². The summed E-state index contributed by atoms with van der Waals surface area (Å²) in [6, 6.07) is 11.4. The van der Waals surface area contributed by atoms with Crippen LogP contribution in [-0.2, 0) is 0 Å². The number of hydrogen-bond acceptors (Lipinski definition) is 3. The molecule has 2 fully saturated rings. The number of nitrogens with zero attached hydrogens (tertiary/aromatic N) is 2. The van der Waals surface area contributed by atoms with Gasteiger partial charge >= 0.3 is 0 Å². The number of anilines is 2. The van der Waals surface area contributed by atoms with Crippen LogP contribution in [0.2, 0.25) is 0 Å². The fourth-order valence-electron chi connectivity index (χ4n) is 3.68. The lowest BCUT2D eigenvalue weighted by atomic mass is 10.1. The fourth-order valence-corrected chi connectivity index (χ4v) is 3.68. The molecule has 3 nitrogen and oxygen atoms in total. The van der Waals surface area contributed by atoms with Crippen LogP contribution in [0.15, 0.2) is 30.3 Å². The molecule has 4 rings (SSSR count). The third-order valence-corrected chi connectivity index (χ3v) is 4.85. The number of aromatic nitrogens is 1. The van der Waals surface area contributed by atoms with Crippen LogP contribution in [0.1, 0.15) is 38.5 Å². The van der Waals surface area contributed by atoms with Crippen molar-refractivity contribution >= 4 is 39.4 Å². The number of fused-ring (bicyclic) bond motifs is 1. The maximum Gasteiger partial charge on any atom is 0.131 e. The number of para-hydroxylation sites is 1. The van der Waals surface area contributed by atoms with Crippen molar-refractivity contribution in [1.29, 1.82) is 0 Å². The second kappa shape index (κ2) is 6.86. The van der Waals surface area contributed by atoms with E-state index < -0.39 is 0 Å². The van der Waals surface area contributed by atoms with Gasteiger partial charge in [0.05, 0.1) is 5.52 Å². The maximum atomic E-state index is 4.88. The molecule has 1 aliphatic carbocycles. The van der Waals surface area contributed by atoms with Gasteiger partial charge in [-0.3, -0.25) is 0 Å². The van der Waals surface area contributed by atoms with Gasteiger partial charge in [0, 0.05) is 36.3 Å². The number of benzene rings is 1. The Hall–Kier alpha value is -1.29. The molecule has 0 atom stereocenters. The molecule has 2 heterocycles. The van der Waals surface area contributed by atoms with Crippen molar-refractivity contribution in [2.75, 3.05) is 23.3 Å². The second-order valence-corrected chi connectivity index (χ2v) is 6.37. The molecule has 4 heteroatoms. The quantitative estimate of drug-likeness (QED) is 0.853. The number of nitrogens with one attached hydrogen (secondary N) is 1. The summed E-state index contributed by atoms with van der Waals surface area (Å²) in [5.41, 5.74) is 2.39. The molecule has 1 aromatic heterocycles. The minimum Gasteiger partial charge on any atom is -0.382 e. The van der Waals surface area contributed by atoms with E-state index in [1.807, 2.05) is 0 Å². The SMILES string of the molecule is Br.c1ccc2c(NC3CCCC3)cc(N3CCCC3)nc2c1. The van der Waals surface area contributed by atoms with E-state index in [4.69, 9.17) is 4.98 Å². The van der Waals surface area contributed by atoms with E-state index in [0.717, 1.165) is 24.4 Å². The summed E-state index contributed by atoms with van der Waals surface area (Å²) in [4.78, 5) is 7.30. The molecular formula is C18H24BrN3. The molecule has 0 amide bonds. The molecule has 1 aliphatic heterocycles. The van der Waals surface area contributed by atoms with E-state index in [1.54, 1.807) is 0 Å². The Bertz CT molecular complexity index is 631. The highest BCUT2D eigenvalue weighted by Gasteiger charge is 2.19. The highest BCUT2D eigenvalue weighted by Crippen LogP contribution is 2.31. The van der Waals surface area contributed by atoms with Crippen molar-refractivity contribution in [3.8, 4) is 0 Å². The summed E-state index contributed by atoms with van der Waals surface area (Å²) < 4.78 is 0. The van der Waals surface area contributed by atoms with Crippen molar-refractivity contribution in [2.45, 2.75) is 44.6 Å². The Balaban J connectivity index is 0.00000144. The number of rotatable bonds is 3. The number of hydrogen-bond donors (Lipinski definition) is 1. The average Bonchev–Trinajstić information content (AvgIpc) is 3.20. The monoisotopic (exact) mass is 361 g/mol. The maximum absolute atomic E-state index is 4.88. The van der Waals surface area contributed by atoms with Crippen LogP contribution in [0.3, 0.4) is 0 Å². The average molecular weight is 362 g/mol. The van der Waals surface area contributed by atoms with E-state index in [-0.39, 0.29) is 17.0 Å². The Labute approximate surface area is 142 Å². The Morgan fingerprint density at radius 2 is 1.73 bits per heavy atom.